The van der Waals surface area contributed by atoms with E-state index in [1.165, 1.54) is 11.3 Å². The standard InChI is InChI=1S/C16H19N5OS/c1-18-15-21-13-6-4-10(14-7-5-11(9-17)23-14)8-12(13)16(19-2,20-3)22-15/h4-8,15,18-21H,1-3H3. The molecule has 1 atom stereocenters. The second kappa shape index (κ2) is 6.28. The Hall–Kier alpha value is -1.95. The molecule has 1 aromatic heterocycles. The Bertz CT molecular complexity index is 747. The van der Waals surface area contributed by atoms with Gasteiger partial charge < -0.3 is 10.1 Å². The maximum atomic E-state index is 9.01. The minimum atomic E-state index is -0.792. The number of nitrogens with zero attached hydrogens (tertiary/aromatic N) is 1. The summed E-state index contributed by atoms with van der Waals surface area (Å²) in [5, 5.41) is 21.8. The fourth-order valence-corrected chi connectivity index (χ4v) is 3.52. The number of hydrogen-bond donors (Lipinski definition) is 4. The van der Waals surface area contributed by atoms with Crippen LogP contribution in [0.25, 0.3) is 10.4 Å². The van der Waals surface area contributed by atoms with Crippen LogP contribution >= 0.6 is 11.3 Å². The lowest BCUT2D eigenvalue weighted by atomic mass is 10.0. The van der Waals surface area contributed by atoms with Gasteiger partial charge >= 0.3 is 0 Å². The number of ether oxygens (including phenoxy) is 1. The third-order valence-corrected chi connectivity index (χ3v) is 4.99. The van der Waals surface area contributed by atoms with Crippen molar-refractivity contribution in [3.63, 3.8) is 0 Å². The van der Waals surface area contributed by atoms with Crippen LogP contribution in [-0.4, -0.2) is 27.5 Å². The molecule has 2 heterocycles. The molecule has 0 fully saturated rings. The molecule has 4 N–H and O–H groups in total. The first-order chi connectivity index (χ1) is 11.2. The summed E-state index contributed by atoms with van der Waals surface area (Å²) in [6.07, 6.45) is -0.305. The zero-order valence-corrected chi connectivity index (χ0v) is 14.0. The summed E-state index contributed by atoms with van der Waals surface area (Å²) in [4.78, 5) is 1.76. The Morgan fingerprint density at radius 2 is 2.00 bits per heavy atom. The molecule has 23 heavy (non-hydrogen) atoms. The molecule has 6 nitrogen and oxygen atoms in total. The van der Waals surface area contributed by atoms with Crippen LogP contribution in [0.1, 0.15) is 10.4 Å². The molecule has 7 heteroatoms. The van der Waals surface area contributed by atoms with Crippen molar-refractivity contribution in [3.8, 4) is 16.5 Å². The Balaban J connectivity index is 2.08. The largest absolute Gasteiger partial charge is 0.347 e. The first-order valence-electron chi connectivity index (χ1n) is 7.30. The fourth-order valence-electron chi connectivity index (χ4n) is 2.72. The molecule has 0 radical (unpaired) electrons. The average Bonchev–Trinajstić information content (AvgIpc) is 3.09. The molecule has 1 aliphatic heterocycles. The van der Waals surface area contributed by atoms with Crippen molar-refractivity contribution < 1.29 is 4.74 Å². The van der Waals surface area contributed by atoms with Crippen molar-refractivity contribution >= 4 is 17.0 Å². The maximum absolute atomic E-state index is 9.01. The van der Waals surface area contributed by atoms with E-state index in [4.69, 9.17) is 10.00 Å². The molecule has 120 valence electrons. The molecule has 0 aliphatic carbocycles. The number of nitriles is 1. The lowest BCUT2D eigenvalue weighted by Crippen LogP contribution is -2.60. The lowest BCUT2D eigenvalue weighted by Gasteiger charge is -2.42. The maximum Gasteiger partial charge on any atom is 0.207 e. The molecule has 1 aliphatic rings. The van der Waals surface area contributed by atoms with Gasteiger partial charge in [-0.2, -0.15) is 5.26 Å². The van der Waals surface area contributed by atoms with E-state index in [2.05, 4.69) is 33.4 Å². The minimum absolute atomic E-state index is 0.305. The second-order valence-electron chi connectivity index (χ2n) is 5.15. The molecule has 3 rings (SSSR count). The summed E-state index contributed by atoms with van der Waals surface area (Å²) >= 11 is 1.48. The van der Waals surface area contributed by atoms with E-state index < -0.39 is 5.85 Å². The van der Waals surface area contributed by atoms with Gasteiger partial charge in [-0.15, -0.1) is 11.3 Å². The Morgan fingerprint density at radius 1 is 1.22 bits per heavy atom. The highest BCUT2D eigenvalue weighted by Gasteiger charge is 2.39. The van der Waals surface area contributed by atoms with Gasteiger partial charge in [-0.25, -0.2) is 0 Å². The number of fused-ring (bicyclic) bond motifs is 1. The highest BCUT2D eigenvalue weighted by atomic mass is 32.1. The van der Waals surface area contributed by atoms with Crippen LogP contribution in [-0.2, 0) is 10.6 Å². The van der Waals surface area contributed by atoms with Gasteiger partial charge in [0.1, 0.15) is 10.9 Å². The predicted molar refractivity (Wildman–Crippen MR) is 91.8 cm³/mol. The van der Waals surface area contributed by atoms with Gasteiger partial charge in [0.2, 0.25) is 5.85 Å². The highest BCUT2D eigenvalue weighted by molar-refractivity contribution is 7.16. The molecule has 0 saturated heterocycles. The zero-order chi connectivity index (χ0) is 16.4. The third kappa shape index (κ3) is 2.72. The van der Waals surface area contributed by atoms with Crippen LogP contribution in [0, 0.1) is 11.3 Å². The van der Waals surface area contributed by atoms with Gasteiger partial charge in [0.05, 0.1) is 0 Å². The van der Waals surface area contributed by atoms with Crippen LogP contribution in [0.4, 0.5) is 5.69 Å². The van der Waals surface area contributed by atoms with Gasteiger partial charge in [-0.1, -0.05) is 6.07 Å². The molecule has 0 saturated carbocycles. The SMILES string of the molecule is CNC1Nc2ccc(-c3ccc(C#N)s3)cc2C(NC)(NC)O1. The first kappa shape index (κ1) is 15.9. The van der Waals surface area contributed by atoms with Gasteiger partial charge in [-0.3, -0.25) is 16.0 Å². The van der Waals surface area contributed by atoms with Gasteiger partial charge in [-0.05, 0) is 51.0 Å². The van der Waals surface area contributed by atoms with Crippen molar-refractivity contribution in [2.24, 2.45) is 0 Å². The Morgan fingerprint density at radius 3 is 2.61 bits per heavy atom. The van der Waals surface area contributed by atoms with E-state index in [0.29, 0.717) is 4.88 Å². The van der Waals surface area contributed by atoms with Crippen LogP contribution < -0.4 is 21.3 Å². The Labute approximate surface area is 139 Å². The van der Waals surface area contributed by atoms with Crippen LogP contribution in [0.3, 0.4) is 0 Å². The lowest BCUT2D eigenvalue weighted by molar-refractivity contribution is -0.141. The monoisotopic (exact) mass is 329 g/mol. The summed E-state index contributed by atoms with van der Waals surface area (Å²) in [5.74, 6) is -0.792. The average molecular weight is 329 g/mol. The first-order valence-corrected chi connectivity index (χ1v) is 8.11. The van der Waals surface area contributed by atoms with Crippen molar-refractivity contribution in [1.29, 1.82) is 5.26 Å². The van der Waals surface area contributed by atoms with Crippen LogP contribution in [0.15, 0.2) is 30.3 Å². The van der Waals surface area contributed by atoms with E-state index in [1.54, 1.807) is 0 Å². The molecular formula is C16H19N5OS. The third-order valence-electron chi connectivity index (χ3n) is 3.95. The number of benzene rings is 1. The summed E-state index contributed by atoms with van der Waals surface area (Å²) in [7, 11) is 5.54. The summed E-state index contributed by atoms with van der Waals surface area (Å²) < 4.78 is 6.07. The number of nitrogens with one attached hydrogen (secondary N) is 4. The number of anilines is 1. The molecule has 0 bridgehead atoms. The van der Waals surface area contributed by atoms with E-state index in [-0.39, 0.29) is 6.35 Å². The summed E-state index contributed by atoms with van der Waals surface area (Å²) in [6, 6.07) is 12.2. The summed E-state index contributed by atoms with van der Waals surface area (Å²) in [6.45, 7) is 0. The molecular weight excluding hydrogens is 310 g/mol. The van der Waals surface area contributed by atoms with Crippen LogP contribution in [0.5, 0.6) is 0 Å². The topological polar surface area (TPSA) is 81.1 Å². The summed E-state index contributed by atoms with van der Waals surface area (Å²) in [5.41, 5.74) is 3.01. The predicted octanol–water partition coefficient (Wildman–Crippen LogP) is 1.78. The van der Waals surface area contributed by atoms with Gasteiger partial charge in [0.15, 0.2) is 6.35 Å². The number of hydrogen-bond acceptors (Lipinski definition) is 7. The number of thiophene rings is 1. The van der Waals surface area contributed by atoms with Crippen molar-refractivity contribution in [2.45, 2.75) is 12.2 Å². The van der Waals surface area contributed by atoms with E-state index in [0.717, 1.165) is 21.7 Å². The number of rotatable bonds is 4. The normalized spacial score (nSPS) is 18.8. The Kier molecular flexibility index (Phi) is 4.35. The van der Waals surface area contributed by atoms with Crippen LogP contribution in [0.2, 0.25) is 0 Å². The van der Waals surface area contributed by atoms with E-state index >= 15 is 0 Å². The molecule has 1 aromatic carbocycles. The highest BCUT2D eigenvalue weighted by Crippen LogP contribution is 2.37. The van der Waals surface area contributed by atoms with Crippen molar-refractivity contribution in [3.05, 3.63) is 40.8 Å². The van der Waals surface area contributed by atoms with E-state index in [9.17, 15) is 0 Å². The minimum Gasteiger partial charge on any atom is -0.347 e. The van der Waals surface area contributed by atoms with Crippen molar-refractivity contribution in [1.82, 2.24) is 16.0 Å². The molecule has 0 spiro atoms. The van der Waals surface area contributed by atoms with Gasteiger partial charge in [0, 0.05) is 16.1 Å². The molecule has 0 amide bonds. The quantitative estimate of drug-likeness (QED) is 0.640. The zero-order valence-electron chi connectivity index (χ0n) is 13.2. The van der Waals surface area contributed by atoms with E-state index in [1.807, 2.05) is 45.4 Å². The van der Waals surface area contributed by atoms with Crippen molar-refractivity contribution in [2.75, 3.05) is 26.5 Å². The smallest absolute Gasteiger partial charge is 0.207 e. The van der Waals surface area contributed by atoms with Gasteiger partial charge in [0.25, 0.3) is 0 Å². The molecule has 1 unspecified atom stereocenters. The molecule has 2 aromatic rings. The fraction of sp³-hybridized carbons (Fsp3) is 0.312. The second-order valence-corrected chi connectivity index (χ2v) is 6.23.